The number of carbonyl (C=O) groups is 1. The van der Waals surface area contributed by atoms with Gasteiger partial charge in [0.15, 0.2) is 0 Å². The Hall–Kier alpha value is -3.04. The standard InChI is InChI=1S/C22H21FN4O3S/c1-13-18(21-25-20(26-30-21)17-8-4-10-31-17)19(14-5-2-6-15(23)11-14)24-22(28)27(13)12-16-7-3-9-29-16/h2,4-6,8,10-11,16,19H,3,7,9,12H2,1H3,(H,24,28). The molecule has 2 unspecified atom stereocenters. The molecule has 1 saturated heterocycles. The highest BCUT2D eigenvalue weighted by Crippen LogP contribution is 2.38. The molecule has 2 atom stereocenters. The van der Waals surface area contributed by atoms with Crippen LogP contribution in [0, 0.1) is 5.82 Å². The Bertz CT molecular complexity index is 1120. The maximum Gasteiger partial charge on any atom is 0.322 e. The van der Waals surface area contributed by atoms with Crippen LogP contribution in [0.5, 0.6) is 0 Å². The Balaban J connectivity index is 1.58. The van der Waals surface area contributed by atoms with Crippen LogP contribution in [0.1, 0.15) is 37.3 Å². The Morgan fingerprint density at radius 1 is 1.32 bits per heavy atom. The molecule has 5 rings (SSSR count). The summed E-state index contributed by atoms with van der Waals surface area (Å²) in [5.74, 6) is 0.397. The summed E-state index contributed by atoms with van der Waals surface area (Å²) < 4.78 is 25.3. The predicted octanol–water partition coefficient (Wildman–Crippen LogP) is 4.61. The number of urea groups is 1. The number of aromatic nitrogens is 2. The quantitative estimate of drug-likeness (QED) is 0.627. The summed E-state index contributed by atoms with van der Waals surface area (Å²) in [6.07, 6.45) is 1.87. The van der Waals surface area contributed by atoms with Crippen LogP contribution in [0.2, 0.25) is 0 Å². The molecule has 0 spiro atoms. The van der Waals surface area contributed by atoms with E-state index in [1.807, 2.05) is 24.4 Å². The molecule has 3 aromatic rings. The van der Waals surface area contributed by atoms with Crippen molar-refractivity contribution in [2.45, 2.75) is 31.9 Å². The minimum atomic E-state index is -0.611. The van der Waals surface area contributed by atoms with Gasteiger partial charge in [0.05, 0.1) is 29.1 Å². The lowest BCUT2D eigenvalue weighted by atomic mass is 9.94. The van der Waals surface area contributed by atoms with Crippen LogP contribution in [-0.2, 0) is 4.74 Å². The fraction of sp³-hybridized carbons (Fsp3) is 0.318. The Morgan fingerprint density at radius 2 is 2.23 bits per heavy atom. The van der Waals surface area contributed by atoms with Gasteiger partial charge in [-0.3, -0.25) is 4.90 Å². The highest BCUT2D eigenvalue weighted by Gasteiger charge is 2.37. The van der Waals surface area contributed by atoms with Crippen LogP contribution in [0.3, 0.4) is 0 Å². The first-order valence-corrected chi connectivity index (χ1v) is 11.0. The number of carbonyl (C=O) groups excluding carboxylic acids is 1. The summed E-state index contributed by atoms with van der Waals surface area (Å²) in [6, 6.07) is 9.13. The number of thiophene rings is 1. The Morgan fingerprint density at radius 3 is 2.97 bits per heavy atom. The van der Waals surface area contributed by atoms with Crippen molar-refractivity contribution in [1.29, 1.82) is 0 Å². The zero-order valence-corrected chi connectivity index (χ0v) is 17.7. The van der Waals surface area contributed by atoms with Crippen molar-refractivity contribution >= 4 is 22.9 Å². The fourth-order valence-electron chi connectivity index (χ4n) is 4.05. The van der Waals surface area contributed by atoms with Crippen molar-refractivity contribution in [1.82, 2.24) is 20.4 Å². The lowest BCUT2D eigenvalue weighted by molar-refractivity contribution is 0.0877. The minimum Gasteiger partial charge on any atom is -0.376 e. The van der Waals surface area contributed by atoms with Gasteiger partial charge in [-0.05, 0) is 48.9 Å². The molecule has 1 fully saturated rings. The molecule has 2 aromatic heterocycles. The number of hydrogen-bond donors (Lipinski definition) is 1. The largest absolute Gasteiger partial charge is 0.376 e. The normalized spacial score (nSPS) is 21.6. The first kappa shape index (κ1) is 19.9. The van der Waals surface area contributed by atoms with Crippen molar-refractivity contribution in [3.8, 4) is 10.7 Å². The van der Waals surface area contributed by atoms with Gasteiger partial charge in [-0.2, -0.15) is 4.98 Å². The highest BCUT2D eigenvalue weighted by atomic mass is 32.1. The van der Waals surface area contributed by atoms with Crippen molar-refractivity contribution in [2.24, 2.45) is 0 Å². The number of allylic oxidation sites excluding steroid dienone is 1. The van der Waals surface area contributed by atoms with Crippen LogP contribution in [0.25, 0.3) is 16.3 Å². The monoisotopic (exact) mass is 440 g/mol. The molecular weight excluding hydrogens is 419 g/mol. The molecule has 4 heterocycles. The van der Waals surface area contributed by atoms with Gasteiger partial charge in [-0.25, -0.2) is 9.18 Å². The van der Waals surface area contributed by atoms with E-state index in [0.717, 1.165) is 17.7 Å². The average Bonchev–Trinajstić information content (AvgIpc) is 3.53. The van der Waals surface area contributed by atoms with Gasteiger partial charge in [-0.15, -0.1) is 11.3 Å². The zero-order chi connectivity index (χ0) is 21.4. The number of nitrogens with one attached hydrogen (secondary N) is 1. The van der Waals surface area contributed by atoms with Gasteiger partial charge in [0, 0.05) is 12.3 Å². The molecule has 2 amide bonds. The van der Waals surface area contributed by atoms with Crippen molar-refractivity contribution in [2.75, 3.05) is 13.2 Å². The van der Waals surface area contributed by atoms with Crippen molar-refractivity contribution in [3.63, 3.8) is 0 Å². The molecule has 0 saturated carbocycles. The summed E-state index contributed by atoms with van der Waals surface area (Å²) in [7, 11) is 0. The molecule has 2 aliphatic rings. The first-order valence-electron chi connectivity index (χ1n) is 10.1. The first-order chi connectivity index (χ1) is 15.1. The minimum absolute atomic E-state index is 0.0166. The fourth-order valence-corrected chi connectivity index (χ4v) is 4.69. The van der Waals surface area contributed by atoms with Crippen LogP contribution < -0.4 is 5.32 Å². The van der Waals surface area contributed by atoms with Crippen LogP contribution in [0.4, 0.5) is 9.18 Å². The molecule has 1 N–H and O–H groups in total. The maximum atomic E-state index is 14.0. The lowest BCUT2D eigenvalue weighted by Crippen LogP contribution is -2.48. The topological polar surface area (TPSA) is 80.5 Å². The number of halogens is 1. The number of ether oxygens (including phenoxy) is 1. The molecule has 1 aromatic carbocycles. The van der Waals surface area contributed by atoms with Gasteiger partial charge in [-0.1, -0.05) is 23.4 Å². The van der Waals surface area contributed by atoms with E-state index < -0.39 is 6.04 Å². The molecule has 0 bridgehead atoms. The summed E-state index contributed by atoms with van der Waals surface area (Å²) in [5, 5.41) is 9.05. The summed E-state index contributed by atoms with van der Waals surface area (Å²) in [5.41, 5.74) is 1.95. The smallest absolute Gasteiger partial charge is 0.322 e. The predicted molar refractivity (Wildman–Crippen MR) is 114 cm³/mol. The summed E-state index contributed by atoms with van der Waals surface area (Å²) >= 11 is 1.51. The van der Waals surface area contributed by atoms with Gasteiger partial charge in [0.2, 0.25) is 5.82 Å². The molecule has 160 valence electrons. The number of benzene rings is 1. The van der Waals surface area contributed by atoms with Crippen LogP contribution in [-0.4, -0.2) is 40.3 Å². The summed E-state index contributed by atoms with van der Waals surface area (Å²) in [6.45, 7) is 2.99. The second-order valence-electron chi connectivity index (χ2n) is 7.58. The lowest BCUT2D eigenvalue weighted by Gasteiger charge is -2.36. The van der Waals surface area contributed by atoms with Crippen molar-refractivity contribution < 1.29 is 18.4 Å². The molecule has 9 heteroatoms. The van der Waals surface area contributed by atoms with E-state index in [1.165, 1.54) is 23.5 Å². The molecule has 2 aliphatic heterocycles. The molecule has 7 nitrogen and oxygen atoms in total. The Labute approximate surface area is 182 Å². The van der Waals surface area contributed by atoms with Gasteiger partial charge < -0.3 is 14.6 Å². The van der Waals surface area contributed by atoms with Crippen LogP contribution >= 0.6 is 11.3 Å². The maximum absolute atomic E-state index is 14.0. The average molecular weight is 441 g/mol. The van der Waals surface area contributed by atoms with E-state index in [4.69, 9.17) is 9.26 Å². The van der Waals surface area contributed by atoms with E-state index in [0.29, 0.717) is 41.7 Å². The highest BCUT2D eigenvalue weighted by molar-refractivity contribution is 7.13. The Kier molecular flexibility index (Phi) is 5.29. The number of nitrogens with zero attached hydrogens (tertiary/aromatic N) is 3. The van der Waals surface area contributed by atoms with Gasteiger partial charge in [0.1, 0.15) is 5.82 Å². The van der Waals surface area contributed by atoms with E-state index in [2.05, 4.69) is 15.5 Å². The SMILES string of the molecule is CC1=C(c2nc(-c3cccs3)no2)C(c2cccc(F)c2)NC(=O)N1CC1CCCO1. The van der Waals surface area contributed by atoms with E-state index in [9.17, 15) is 9.18 Å². The number of rotatable bonds is 5. The van der Waals surface area contributed by atoms with E-state index in [-0.39, 0.29) is 18.0 Å². The third-order valence-corrected chi connectivity index (χ3v) is 6.45. The second kappa shape index (κ2) is 8.24. The molecular formula is C22H21FN4O3S. The van der Waals surface area contributed by atoms with Gasteiger partial charge >= 0.3 is 6.03 Å². The second-order valence-corrected chi connectivity index (χ2v) is 8.53. The molecule has 0 aliphatic carbocycles. The zero-order valence-electron chi connectivity index (χ0n) is 16.9. The van der Waals surface area contributed by atoms with E-state index in [1.54, 1.807) is 17.0 Å². The van der Waals surface area contributed by atoms with E-state index >= 15 is 0 Å². The number of amides is 2. The van der Waals surface area contributed by atoms with Crippen molar-refractivity contribution in [3.05, 3.63) is 64.7 Å². The number of hydrogen-bond acceptors (Lipinski definition) is 6. The molecule has 0 radical (unpaired) electrons. The third-order valence-electron chi connectivity index (χ3n) is 5.59. The van der Waals surface area contributed by atoms with Crippen LogP contribution in [0.15, 0.2) is 52.0 Å². The third kappa shape index (κ3) is 3.86. The van der Waals surface area contributed by atoms with Gasteiger partial charge in [0.25, 0.3) is 5.89 Å². The summed E-state index contributed by atoms with van der Waals surface area (Å²) in [4.78, 5) is 20.1. The molecule has 31 heavy (non-hydrogen) atoms.